The van der Waals surface area contributed by atoms with Gasteiger partial charge in [-0.25, -0.2) is 4.99 Å². The minimum Gasteiger partial charge on any atom is -0.364 e. The molecule has 1 atom stereocenters. The first-order valence-corrected chi connectivity index (χ1v) is 10.5. The van der Waals surface area contributed by atoms with E-state index >= 15 is 0 Å². The molecule has 2 aliphatic rings. The van der Waals surface area contributed by atoms with Gasteiger partial charge in [0.25, 0.3) is 0 Å². The van der Waals surface area contributed by atoms with Gasteiger partial charge >= 0.3 is 0 Å². The molecule has 0 amide bonds. The summed E-state index contributed by atoms with van der Waals surface area (Å²) in [5, 5.41) is 3.49. The van der Waals surface area contributed by atoms with E-state index in [0.717, 1.165) is 58.3 Å². The van der Waals surface area contributed by atoms with Crippen molar-refractivity contribution in [3.8, 4) is 0 Å². The smallest absolute Gasteiger partial charge is 0.194 e. The number of benzene rings is 1. The number of hydrogen-bond acceptors (Lipinski definition) is 3. The molecular formula is C22H36IN5. The van der Waals surface area contributed by atoms with Gasteiger partial charge in [-0.3, -0.25) is 4.90 Å². The molecule has 28 heavy (non-hydrogen) atoms. The van der Waals surface area contributed by atoms with Crippen LogP contribution >= 0.6 is 24.0 Å². The number of likely N-dealkylation sites (tertiary alicyclic amines) is 1. The fraction of sp³-hybridized carbons (Fsp3) is 0.591. The normalized spacial score (nSPS) is 19.4. The van der Waals surface area contributed by atoms with Crippen LogP contribution < -0.4 is 10.2 Å². The Morgan fingerprint density at radius 2 is 1.79 bits per heavy atom. The number of halogens is 1. The van der Waals surface area contributed by atoms with E-state index in [1.54, 1.807) is 0 Å². The average Bonchev–Trinajstić information content (AvgIpc) is 3.39. The SMILES string of the molecule is CCNC(=NCc1ccc(N2CC=CC2)cc1)N1CCC(N(CC)CC)C1.I. The third kappa shape index (κ3) is 5.86. The highest BCUT2D eigenvalue weighted by molar-refractivity contribution is 14.0. The molecule has 2 aliphatic heterocycles. The first-order chi connectivity index (χ1) is 13.2. The third-order valence-corrected chi connectivity index (χ3v) is 5.66. The van der Waals surface area contributed by atoms with Crippen molar-refractivity contribution in [1.29, 1.82) is 0 Å². The molecule has 0 spiro atoms. The Kier molecular flexibility index (Phi) is 9.58. The molecule has 0 aliphatic carbocycles. The van der Waals surface area contributed by atoms with E-state index in [1.807, 2.05) is 0 Å². The number of hydrogen-bond donors (Lipinski definition) is 1. The van der Waals surface area contributed by atoms with Crippen molar-refractivity contribution in [2.45, 2.75) is 39.8 Å². The Hall–Kier alpha value is -1.28. The molecule has 5 nitrogen and oxygen atoms in total. The molecule has 156 valence electrons. The summed E-state index contributed by atoms with van der Waals surface area (Å²) >= 11 is 0. The number of likely N-dealkylation sites (N-methyl/N-ethyl adjacent to an activating group) is 1. The quantitative estimate of drug-likeness (QED) is 0.271. The van der Waals surface area contributed by atoms with Gasteiger partial charge < -0.3 is 15.1 Å². The lowest BCUT2D eigenvalue weighted by molar-refractivity contribution is 0.223. The zero-order chi connectivity index (χ0) is 19.1. The monoisotopic (exact) mass is 497 g/mol. The molecule has 6 heteroatoms. The summed E-state index contributed by atoms with van der Waals surface area (Å²) in [6.07, 6.45) is 5.68. The van der Waals surface area contributed by atoms with Gasteiger partial charge in [-0.2, -0.15) is 0 Å². The van der Waals surface area contributed by atoms with Crippen molar-refractivity contribution in [2.75, 3.05) is 50.7 Å². The second-order valence-electron chi connectivity index (χ2n) is 7.32. The topological polar surface area (TPSA) is 34.1 Å². The van der Waals surface area contributed by atoms with Gasteiger partial charge in [-0.15, -0.1) is 24.0 Å². The standard InChI is InChI=1S/C22H35N5.HI/c1-4-23-22(27-16-13-21(18-27)25(5-2)6-3)24-17-19-9-11-20(12-10-19)26-14-7-8-15-26;/h7-12,21H,4-6,13-18H2,1-3H3,(H,23,24);1H. The third-order valence-electron chi connectivity index (χ3n) is 5.66. The highest BCUT2D eigenvalue weighted by Gasteiger charge is 2.27. The van der Waals surface area contributed by atoms with Crippen LogP contribution in [-0.4, -0.2) is 67.6 Å². The Morgan fingerprint density at radius 1 is 1.11 bits per heavy atom. The van der Waals surface area contributed by atoms with Crippen molar-refractivity contribution in [2.24, 2.45) is 4.99 Å². The lowest BCUT2D eigenvalue weighted by atomic mass is 10.2. The van der Waals surface area contributed by atoms with Gasteiger partial charge in [0.2, 0.25) is 0 Å². The van der Waals surface area contributed by atoms with Crippen molar-refractivity contribution >= 4 is 35.6 Å². The molecule has 2 heterocycles. The maximum absolute atomic E-state index is 4.93. The minimum absolute atomic E-state index is 0. The first-order valence-electron chi connectivity index (χ1n) is 10.5. The van der Waals surface area contributed by atoms with Gasteiger partial charge in [-0.1, -0.05) is 38.1 Å². The van der Waals surface area contributed by atoms with Crippen LogP contribution in [0, 0.1) is 0 Å². The predicted molar refractivity (Wildman–Crippen MR) is 131 cm³/mol. The number of aliphatic imine (C=N–C) groups is 1. The summed E-state index contributed by atoms with van der Waals surface area (Å²) in [5.74, 6) is 1.06. The molecule has 1 N–H and O–H groups in total. The van der Waals surface area contributed by atoms with Crippen molar-refractivity contribution < 1.29 is 0 Å². The van der Waals surface area contributed by atoms with Crippen LogP contribution in [0.25, 0.3) is 0 Å². The van der Waals surface area contributed by atoms with Crippen LogP contribution in [0.1, 0.15) is 32.8 Å². The molecular weight excluding hydrogens is 461 g/mol. The first kappa shape index (κ1) is 23.0. The number of nitrogens with one attached hydrogen (secondary N) is 1. The van der Waals surface area contributed by atoms with Crippen LogP contribution in [-0.2, 0) is 6.54 Å². The summed E-state index contributed by atoms with van der Waals surface area (Å²) in [5.41, 5.74) is 2.56. The molecule has 1 unspecified atom stereocenters. The van der Waals surface area contributed by atoms with Gasteiger partial charge in [0.05, 0.1) is 6.54 Å². The maximum Gasteiger partial charge on any atom is 0.194 e. The Morgan fingerprint density at radius 3 is 2.39 bits per heavy atom. The van der Waals surface area contributed by atoms with Crippen molar-refractivity contribution in [3.05, 3.63) is 42.0 Å². The highest BCUT2D eigenvalue weighted by Crippen LogP contribution is 2.19. The fourth-order valence-electron chi connectivity index (χ4n) is 4.07. The molecule has 1 fully saturated rings. The van der Waals surface area contributed by atoms with Crippen molar-refractivity contribution in [1.82, 2.24) is 15.1 Å². The van der Waals surface area contributed by atoms with Crippen molar-refractivity contribution in [3.63, 3.8) is 0 Å². The van der Waals surface area contributed by atoms with Crippen LogP contribution in [0.5, 0.6) is 0 Å². The largest absolute Gasteiger partial charge is 0.364 e. The van der Waals surface area contributed by atoms with Gasteiger partial charge in [0.15, 0.2) is 5.96 Å². The summed E-state index contributed by atoms with van der Waals surface area (Å²) in [6, 6.07) is 9.51. The molecule has 0 aromatic heterocycles. The van der Waals surface area contributed by atoms with Gasteiger partial charge in [-0.05, 0) is 44.1 Å². The van der Waals surface area contributed by atoms with E-state index < -0.39 is 0 Å². The highest BCUT2D eigenvalue weighted by atomic mass is 127. The van der Waals surface area contributed by atoms with E-state index in [-0.39, 0.29) is 24.0 Å². The lowest BCUT2D eigenvalue weighted by Gasteiger charge is -2.27. The van der Waals surface area contributed by atoms with E-state index in [4.69, 9.17) is 4.99 Å². The number of rotatable bonds is 7. The average molecular weight is 497 g/mol. The van der Waals surface area contributed by atoms with E-state index in [0.29, 0.717) is 6.04 Å². The van der Waals surface area contributed by atoms with E-state index in [1.165, 1.54) is 17.7 Å². The molecule has 0 radical (unpaired) electrons. The zero-order valence-corrected chi connectivity index (χ0v) is 19.9. The molecule has 1 aromatic carbocycles. The van der Waals surface area contributed by atoms with Gasteiger partial charge in [0.1, 0.15) is 0 Å². The van der Waals surface area contributed by atoms with Crippen LogP contribution in [0.2, 0.25) is 0 Å². The Bertz CT molecular complexity index is 631. The van der Waals surface area contributed by atoms with E-state index in [9.17, 15) is 0 Å². The molecule has 0 bridgehead atoms. The summed E-state index contributed by atoms with van der Waals surface area (Å²) < 4.78 is 0. The molecule has 3 rings (SSSR count). The summed E-state index contributed by atoms with van der Waals surface area (Å²) in [6.45, 7) is 14.8. The number of anilines is 1. The van der Waals surface area contributed by atoms with Crippen LogP contribution in [0.15, 0.2) is 41.4 Å². The molecule has 1 saturated heterocycles. The summed E-state index contributed by atoms with van der Waals surface area (Å²) in [4.78, 5) is 12.3. The van der Waals surface area contributed by atoms with Crippen LogP contribution in [0.3, 0.4) is 0 Å². The summed E-state index contributed by atoms with van der Waals surface area (Å²) in [7, 11) is 0. The number of nitrogens with zero attached hydrogens (tertiary/aromatic N) is 4. The Labute approximate surface area is 187 Å². The maximum atomic E-state index is 4.93. The second-order valence-corrected chi connectivity index (χ2v) is 7.32. The predicted octanol–water partition coefficient (Wildman–Crippen LogP) is 3.56. The lowest BCUT2D eigenvalue weighted by Crippen LogP contribution is -2.43. The van der Waals surface area contributed by atoms with Gasteiger partial charge in [0, 0.05) is 44.5 Å². The minimum atomic E-state index is 0. The second kappa shape index (κ2) is 11.7. The van der Waals surface area contributed by atoms with E-state index in [2.05, 4.69) is 77.2 Å². The fourth-order valence-corrected chi connectivity index (χ4v) is 4.07. The zero-order valence-electron chi connectivity index (χ0n) is 17.6. The Balaban J connectivity index is 0.00000280. The molecule has 1 aromatic rings. The molecule has 0 saturated carbocycles. The number of guanidine groups is 1. The van der Waals surface area contributed by atoms with Crippen LogP contribution in [0.4, 0.5) is 5.69 Å².